The molecule has 0 saturated carbocycles. The molecule has 2 amide bonds. The van der Waals surface area contributed by atoms with E-state index in [0.717, 1.165) is 15.8 Å². The fraction of sp³-hybridized carbons (Fsp3) is 0.188. The van der Waals surface area contributed by atoms with Crippen molar-refractivity contribution in [3.63, 3.8) is 0 Å². The summed E-state index contributed by atoms with van der Waals surface area (Å²) in [5, 5.41) is 7.70. The number of thiophene rings is 1. The first-order valence-electron chi connectivity index (χ1n) is 7.02. The van der Waals surface area contributed by atoms with Crippen molar-refractivity contribution in [1.29, 1.82) is 0 Å². The van der Waals surface area contributed by atoms with Crippen LogP contribution in [0.25, 0.3) is 10.2 Å². The van der Waals surface area contributed by atoms with E-state index in [0.29, 0.717) is 10.0 Å². The molecule has 0 radical (unpaired) electrons. The SMILES string of the molecule is Cc1cc(C)c2nc(NC(=O)CNC(=O)c3cccs3)sc2c1. The number of hydrogen-bond acceptors (Lipinski definition) is 5. The van der Waals surface area contributed by atoms with Crippen molar-refractivity contribution in [3.8, 4) is 0 Å². The molecule has 2 aromatic heterocycles. The van der Waals surface area contributed by atoms with Gasteiger partial charge in [-0.2, -0.15) is 0 Å². The van der Waals surface area contributed by atoms with Gasteiger partial charge in [-0.3, -0.25) is 9.59 Å². The predicted octanol–water partition coefficient (Wildman–Crippen LogP) is 3.34. The average molecular weight is 345 g/mol. The quantitative estimate of drug-likeness (QED) is 0.762. The van der Waals surface area contributed by atoms with Crippen LogP contribution >= 0.6 is 22.7 Å². The molecule has 0 aliphatic carbocycles. The molecule has 0 fully saturated rings. The van der Waals surface area contributed by atoms with Crippen LogP contribution in [0.15, 0.2) is 29.6 Å². The largest absolute Gasteiger partial charge is 0.342 e. The van der Waals surface area contributed by atoms with E-state index in [1.54, 1.807) is 12.1 Å². The molecule has 2 N–H and O–H groups in total. The number of benzene rings is 1. The van der Waals surface area contributed by atoms with Crippen LogP contribution in [0.5, 0.6) is 0 Å². The van der Waals surface area contributed by atoms with Crippen molar-refractivity contribution < 1.29 is 9.59 Å². The van der Waals surface area contributed by atoms with Crippen LogP contribution in [0, 0.1) is 13.8 Å². The van der Waals surface area contributed by atoms with Gasteiger partial charge in [0.15, 0.2) is 5.13 Å². The summed E-state index contributed by atoms with van der Waals surface area (Å²) in [4.78, 5) is 28.8. The highest BCUT2D eigenvalue weighted by atomic mass is 32.1. The van der Waals surface area contributed by atoms with Crippen LogP contribution < -0.4 is 10.6 Å². The molecule has 1 aromatic carbocycles. The Bertz CT molecular complexity index is 869. The number of thiazole rings is 1. The predicted molar refractivity (Wildman–Crippen MR) is 94.4 cm³/mol. The molecule has 0 atom stereocenters. The molecule has 0 saturated heterocycles. The van der Waals surface area contributed by atoms with Gasteiger partial charge in [-0.15, -0.1) is 11.3 Å². The van der Waals surface area contributed by atoms with E-state index in [1.807, 2.05) is 25.3 Å². The first-order chi connectivity index (χ1) is 11.0. The molecule has 7 heteroatoms. The van der Waals surface area contributed by atoms with Crippen molar-refractivity contribution in [3.05, 3.63) is 45.6 Å². The lowest BCUT2D eigenvalue weighted by molar-refractivity contribution is -0.115. The Balaban J connectivity index is 1.64. The second-order valence-electron chi connectivity index (χ2n) is 5.16. The zero-order chi connectivity index (χ0) is 16.4. The Kier molecular flexibility index (Phi) is 4.40. The summed E-state index contributed by atoms with van der Waals surface area (Å²) in [6.45, 7) is 3.96. The first kappa shape index (κ1) is 15.6. The number of anilines is 1. The average Bonchev–Trinajstić information content (AvgIpc) is 3.14. The summed E-state index contributed by atoms with van der Waals surface area (Å²) >= 11 is 2.77. The molecule has 2 heterocycles. The normalized spacial score (nSPS) is 10.7. The van der Waals surface area contributed by atoms with Crippen LogP contribution in [0.2, 0.25) is 0 Å². The van der Waals surface area contributed by atoms with Gasteiger partial charge in [0.05, 0.1) is 21.6 Å². The van der Waals surface area contributed by atoms with E-state index in [9.17, 15) is 9.59 Å². The van der Waals surface area contributed by atoms with E-state index in [4.69, 9.17) is 0 Å². The molecule has 23 heavy (non-hydrogen) atoms. The maximum absolute atomic E-state index is 12.0. The number of carbonyl (C=O) groups excluding carboxylic acids is 2. The third-order valence-corrected chi connectivity index (χ3v) is 5.02. The van der Waals surface area contributed by atoms with E-state index in [-0.39, 0.29) is 18.4 Å². The van der Waals surface area contributed by atoms with Crippen molar-refractivity contribution >= 4 is 49.8 Å². The van der Waals surface area contributed by atoms with Gasteiger partial charge >= 0.3 is 0 Å². The molecule has 0 aliphatic heterocycles. The fourth-order valence-corrected chi connectivity index (χ4v) is 3.94. The highest BCUT2D eigenvalue weighted by Crippen LogP contribution is 2.29. The Labute approximate surface area is 141 Å². The third-order valence-electron chi connectivity index (χ3n) is 3.23. The summed E-state index contributed by atoms with van der Waals surface area (Å²) in [7, 11) is 0. The minimum Gasteiger partial charge on any atom is -0.342 e. The van der Waals surface area contributed by atoms with Gasteiger partial charge in [0.1, 0.15) is 0 Å². The summed E-state index contributed by atoms with van der Waals surface area (Å²) in [6.07, 6.45) is 0. The molecule has 3 aromatic rings. The van der Waals surface area contributed by atoms with Crippen LogP contribution in [-0.2, 0) is 4.79 Å². The fourth-order valence-electron chi connectivity index (χ4n) is 2.24. The molecule has 0 aliphatic rings. The van der Waals surface area contributed by atoms with Crippen LogP contribution in [0.1, 0.15) is 20.8 Å². The summed E-state index contributed by atoms with van der Waals surface area (Å²) in [6, 6.07) is 7.63. The second kappa shape index (κ2) is 6.47. The standard InChI is InChI=1S/C16H15N3O2S2/c1-9-6-10(2)14-12(7-9)23-16(19-14)18-13(20)8-17-15(21)11-4-3-5-22-11/h3-7H,8H2,1-2H3,(H,17,21)(H,18,19,20). The molecule has 3 rings (SSSR count). The summed E-state index contributed by atoms with van der Waals surface area (Å²) in [5.41, 5.74) is 3.15. The Morgan fingerprint density at radius 1 is 1.26 bits per heavy atom. The van der Waals surface area contributed by atoms with Crippen molar-refractivity contribution in [1.82, 2.24) is 10.3 Å². The number of aryl methyl sites for hydroxylation is 2. The molecular weight excluding hydrogens is 330 g/mol. The number of rotatable bonds is 4. The summed E-state index contributed by atoms with van der Waals surface area (Å²) < 4.78 is 1.04. The second-order valence-corrected chi connectivity index (χ2v) is 7.13. The minimum atomic E-state index is -0.289. The molecule has 0 unspecified atom stereocenters. The number of fused-ring (bicyclic) bond motifs is 1. The number of nitrogens with zero attached hydrogens (tertiary/aromatic N) is 1. The van der Waals surface area contributed by atoms with Crippen molar-refractivity contribution in [2.75, 3.05) is 11.9 Å². The lowest BCUT2D eigenvalue weighted by Crippen LogP contribution is -2.32. The lowest BCUT2D eigenvalue weighted by atomic mass is 10.1. The maximum atomic E-state index is 12.0. The van der Waals surface area contributed by atoms with Gasteiger partial charge in [-0.25, -0.2) is 4.98 Å². The Morgan fingerprint density at radius 2 is 2.09 bits per heavy atom. The van der Waals surface area contributed by atoms with Crippen LogP contribution in [-0.4, -0.2) is 23.3 Å². The molecule has 5 nitrogen and oxygen atoms in total. The highest BCUT2D eigenvalue weighted by molar-refractivity contribution is 7.22. The Morgan fingerprint density at radius 3 is 2.83 bits per heavy atom. The number of amides is 2. The van der Waals surface area contributed by atoms with Crippen LogP contribution in [0.4, 0.5) is 5.13 Å². The highest BCUT2D eigenvalue weighted by Gasteiger charge is 2.12. The Hall–Kier alpha value is -2.25. The lowest BCUT2D eigenvalue weighted by Gasteiger charge is -2.03. The van der Waals surface area contributed by atoms with E-state index < -0.39 is 0 Å². The van der Waals surface area contributed by atoms with Gasteiger partial charge in [0.2, 0.25) is 5.91 Å². The first-order valence-corrected chi connectivity index (χ1v) is 8.72. The van der Waals surface area contributed by atoms with Gasteiger partial charge in [0, 0.05) is 0 Å². The zero-order valence-electron chi connectivity index (χ0n) is 12.7. The molecule has 0 bridgehead atoms. The van der Waals surface area contributed by atoms with Gasteiger partial charge in [-0.05, 0) is 42.5 Å². The van der Waals surface area contributed by atoms with E-state index in [2.05, 4.69) is 21.7 Å². The summed E-state index contributed by atoms with van der Waals surface area (Å²) in [5.74, 6) is -0.533. The molecule has 118 valence electrons. The van der Waals surface area contributed by atoms with Gasteiger partial charge in [-0.1, -0.05) is 23.5 Å². The van der Waals surface area contributed by atoms with Crippen LogP contribution in [0.3, 0.4) is 0 Å². The monoisotopic (exact) mass is 345 g/mol. The third kappa shape index (κ3) is 3.57. The van der Waals surface area contributed by atoms with Crippen molar-refractivity contribution in [2.24, 2.45) is 0 Å². The topological polar surface area (TPSA) is 71.1 Å². The molecular formula is C16H15N3O2S2. The van der Waals surface area contributed by atoms with E-state index >= 15 is 0 Å². The number of aromatic nitrogens is 1. The molecule has 0 spiro atoms. The van der Waals surface area contributed by atoms with Gasteiger partial charge in [0.25, 0.3) is 5.91 Å². The van der Waals surface area contributed by atoms with Crippen molar-refractivity contribution in [2.45, 2.75) is 13.8 Å². The number of carbonyl (C=O) groups is 2. The minimum absolute atomic E-state index is 0.0787. The zero-order valence-corrected chi connectivity index (χ0v) is 14.3. The van der Waals surface area contributed by atoms with E-state index in [1.165, 1.54) is 28.2 Å². The number of hydrogen-bond donors (Lipinski definition) is 2. The smallest absolute Gasteiger partial charge is 0.261 e. The number of nitrogens with one attached hydrogen (secondary N) is 2. The maximum Gasteiger partial charge on any atom is 0.261 e. The van der Waals surface area contributed by atoms with Gasteiger partial charge < -0.3 is 10.6 Å².